The lowest BCUT2D eigenvalue weighted by atomic mass is 10.5. The second kappa shape index (κ2) is 6.08. The molecule has 0 spiro atoms. The van der Waals surface area contributed by atoms with Crippen molar-refractivity contribution in [3.63, 3.8) is 0 Å². The Morgan fingerprint density at radius 3 is 3.00 bits per heavy atom. The maximum Gasteiger partial charge on any atom is 0.321 e. The third kappa shape index (κ3) is 3.76. The van der Waals surface area contributed by atoms with Gasteiger partial charge in [0.05, 0.1) is 6.61 Å². The molecule has 2 aromatic heterocycles. The standard InChI is InChI=1S/C8H8ClN5OS2/c1-2-3-15-6-12-5(9)13-7(14-6)16-8-10-4-11-17-8/h4H,2-3H2,1H3. The Hall–Kier alpha value is -0.990. The van der Waals surface area contributed by atoms with Crippen molar-refractivity contribution in [3.8, 4) is 6.01 Å². The highest BCUT2D eigenvalue weighted by Gasteiger charge is 2.09. The summed E-state index contributed by atoms with van der Waals surface area (Å²) in [5.41, 5.74) is 0. The Bertz CT molecular complexity index is 481. The van der Waals surface area contributed by atoms with E-state index in [1.165, 1.54) is 29.6 Å². The number of nitrogens with zero attached hydrogens (tertiary/aromatic N) is 5. The molecule has 17 heavy (non-hydrogen) atoms. The van der Waals surface area contributed by atoms with Crippen molar-refractivity contribution in [2.75, 3.05) is 6.61 Å². The second-order valence-corrected chi connectivity index (χ2v) is 5.16. The normalized spacial score (nSPS) is 10.5. The molecule has 0 aliphatic heterocycles. The molecule has 2 aromatic rings. The molecule has 6 nitrogen and oxygen atoms in total. The monoisotopic (exact) mass is 289 g/mol. The topological polar surface area (TPSA) is 73.7 Å². The minimum absolute atomic E-state index is 0.109. The minimum Gasteiger partial charge on any atom is -0.463 e. The number of rotatable bonds is 5. The van der Waals surface area contributed by atoms with Gasteiger partial charge in [0.2, 0.25) is 10.4 Å². The van der Waals surface area contributed by atoms with Crippen LogP contribution < -0.4 is 4.74 Å². The smallest absolute Gasteiger partial charge is 0.321 e. The lowest BCUT2D eigenvalue weighted by Crippen LogP contribution is -2.02. The number of hydrogen-bond acceptors (Lipinski definition) is 8. The van der Waals surface area contributed by atoms with Crippen molar-refractivity contribution < 1.29 is 4.74 Å². The molecule has 0 amide bonds. The van der Waals surface area contributed by atoms with E-state index in [-0.39, 0.29) is 11.3 Å². The van der Waals surface area contributed by atoms with Gasteiger partial charge in [-0.2, -0.15) is 19.3 Å². The molecule has 2 rings (SSSR count). The number of halogens is 1. The molecule has 0 saturated carbocycles. The lowest BCUT2D eigenvalue weighted by molar-refractivity contribution is 0.288. The molecule has 2 heterocycles. The van der Waals surface area contributed by atoms with Crippen LogP contribution in [0.1, 0.15) is 13.3 Å². The van der Waals surface area contributed by atoms with Crippen molar-refractivity contribution in [3.05, 3.63) is 11.6 Å². The quantitative estimate of drug-likeness (QED) is 0.836. The fourth-order valence-corrected chi connectivity index (χ4v) is 2.40. The third-order valence-corrected chi connectivity index (χ3v) is 3.27. The van der Waals surface area contributed by atoms with Gasteiger partial charge in [0.25, 0.3) is 0 Å². The summed E-state index contributed by atoms with van der Waals surface area (Å²) >= 11 is 8.32. The summed E-state index contributed by atoms with van der Waals surface area (Å²) in [6, 6.07) is 0.235. The minimum atomic E-state index is 0.109. The summed E-state index contributed by atoms with van der Waals surface area (Å²) in [4.78, 5) is 16.0. The van der Waals surface area contributed by atoms with Crippen molar-refractivity contribution >= 4 is 34.9 Å². The summed E-state index contributed by atoms with van der Waals surface area (Å²) in [7, 11) is 0. The van der Waals surface area contributed by atoms with Crippen molar-refractivity contribution in [1.29, 1.82) is 0 Å². The first kappa shape index (κ1) is 12.5. The van der Waals surface area contributed by atoms with E-state index in [0.29, 0.717) is 11.8 Å². The second-order valence-electron chi connectivity index (χ2n) is 2.83. The maximum atomic E-state index is 5.78. The van der Waals surface area contributed by atoms with Gasteiger partial charge in [-0.3, -0.25) is 0 Å². The fraction of sp³-hybridized carbons (Fsp3) is 0.375. The zero-order chi connectivity index (χ0) is 12.1. The molecule has 0 aliphatic carbocycles. The largest absolute Gasteiger partial charge is 0.463 e. The Balaban J connectivity index is 2.13. The molecule has 0 aliphatic rings. The van der Waals surface area contributed by atoms with Gasteiger partial charge in [0.15, 0.2) is 4.34 Å². The van der Waals surface area contributed by atoms with Gasteiger partial charge in [-0.1, -0.05) is 6.92 Å². The van der Waals surface area contributed by atoms with Crippen LogP contribution in [0.3, 0.4) is 0 Å². The molecule has 0 bridgehead atoms. The van der Waals surface area contributed by atoms with Crippen LogP contribution in [0.15, 0.2) is 15.8 Å². The van der Waals surface area contributed by atoms with Gasteiger partial charge < -0.3 is 4.74 Å². The SMILES string of the molecule is CCCOc1nc(Cl)nc(Sc2ncns2)n1. The summed E-state index contributed by atoms with van der Waals surface area (Å²) in [6.07, 6.45) is 2.35. The molecule has 9 heteroatoms. The molecular formula is C8H8ClN5OS2. The molecule has 0 radical (unpaired) electrons. The fourth-order valence-electron chi connectivity index (χ4n) is 0.904. The van der Waals surface area contributed by atoms with Gasteiger partial charge in [-0.15, -0.1) is 0 Å². The number of ether oxygens (including phenoxy) is 1. The van der Waals surface area contributed by atoms with E-state index < -0.39 is 0 Å². The van der Waals surface area contributed by atoms with Crippen LogP contribution in [0, 0.1) is 0 Å². The average molecular weight is 290 g/mol. The first-order valence-corrected chi connectivity index (χ1v) is 6.73. The highest BCUT2D eigenvalue weighted by Crippen LogP contribution is 2.26. The van der Waals surface area contributed by atoms with Crippen LogP contribution >= 0.6 is 34.9 Å². The molecule has 0 saturated heterocycles. The Kier molecular flexibility index (Phi) is 4.46. The Morgan fingerprint density at radius 2 is 2.29 bits per heavy atom. The van der Waals surface area contributed by atoms with Crippen molar-refractivity contribution in [1.82, 2.24) is 24.3 Å². The van der Waals surface area contributed by atoms with E-state index in [0.717, 1.165) is 10.8 Å². The summed E-state index contributed by atoms with van der Waals surface area (Å²) in [5, 5.41) is 0.561. The predicted molar refractivity (Wildman–Crippen MR) is 64.7 cm³/mol. The van der Waals surface area contributed by atoms with Crippen LogP contribution in [0.2, 0.25) is 5.28 Å². The molecule has 0 aromatic carbocycles. The molecule has 90 valence electrons. The molecule has 0 N–H and O–H groups in total. The van der Waals surface area contributed by atoms with Gasteiger partial charge in [-0.05, 0) is 41.3 Å². The molecule has 0 fully saturated rings. The van der Waals surface area contributed by atoms with Gasteiger partial charge in [-0.25, -0.2) is 4.98 Å². The number of aromatic nitrogens is 5. The first-order valence-electron chi connectivity index (χ1n) is 4.77. The van der Waals surface area contributed by atoms with E-state index >= 15 is 0 Å². The van der Waals surface area contributed by atoms with Gasteiger partial charge in [0, 0.05) is 0 Å². The van der Waals surface area contributed by atoms with E-state index in [9.17, 15) is 0 Å². The van der Waals surface area contributed by atoms with Crippen LogP contribution in [-0.2, 0) is 0 Å². The predicted octanol–water partition coefficient (Wildman–Crippen LogP) is 2.32. The van der Waals surface area contributed by atoms with Crippen LogP contribution in [0.4, 0.5) is 0 Å². The van der Waals surface area contributed by atoms with E-state index in [1.54, 1.807) is 0 Å². The molecular weight excluding hydrogens is 282 g/mol. The maximum absolute atomic E-state index is 5.78. The van der Waals surface area contributed by atoms with Crippen LogP contribution in [0.25, 0.3) is 0 Å². The van der Waals surface area contributed by atoms with Crippen LogP contribution in [-0.4, -0.2) is 30.9 Å². The van der Waals surface area contributed by atoms with Crippen LogP contribution in [0.5, 0.6) is 6.01 Å². The molecule has 0 atom stereocenters. The average Bonchev–Trinajstić information content (AvgIpc) is 2.78. The Labute approximate surface area is 111 Å². The highest BCUT2D eigenvalue weighted by atomic mass is 35.5. The van der Waals surface area contributed by atoms with E-state index in [4.69, 9.17) is 16.3 Å². The summed E-state index contributed by atoms with van der Waals surface area (Å²) in [5.74, 6) is 0. The zero-order valence-electron chi connectivity index (χ0n) is 8.83. The number of hydrogen-bond donors (Lipinski definition) is 0. The summed E-state index contributed by atoms with van der Waals surface area (Å²) in [6.45, 7) is 2.54. The van der Waals surface area contributed by atoms with E-state index in [1.807, 2.05) is 6.92 Å². The summed E-state index contributed by atoms with van der Waals surface area (Å²) < 4.78 is 9.93. The Morgan fingerprint density at radius 1 is 1.41 bits per heavy atom. The molecule has 0 unspecified atom stereocenters. The van der Waals surface area contributed by atoms with Gasteiger partial charge in [0.1, 0.15) is 6.33 Å². The third-order valence-electron chi connectivity index (χ3n) is 1.52. The lowest BCUT2D eigenvalue weighted by Gasteiger charge is -2.03. The first-order chi connectivity index (χ1) is 8.28. The highest BCUT2D eigenvalue weighted by molar-refractivity contribution is 8.00. The van der Waals surface area contributed by atoms with Gasteiger partial charge >= 0.3 is 6.01 Å². The van der Waals surface area contributed by atoms with Crippen molar-refractivity contribution in [2.24, 2.45) is 0 Å². The van der Waals surface area contributed by atoms with E-state index in [2.05, 4.69) is 24.3 Å². The van der Waals surface area contributed by atoms with Crippen molar-refractivity contribution in [2.45, 2.75) is 22.8 Å². The zero-order valence-corrected chi connectivity index (χ0v) is 11.2.